The van der Waals surface area contributed by atoms with E-state index in [1.807, 2.05) is 30.3 Å². The highest BCUT2D eigenvalue weighted by Crippen LogP contribution is 2.17. The number of hydrogen-bond acceptors (Lipinski definition) is 2. The molecular weight excluding hydrogens is 289 g/mol. The fourth-order valence-corrected chi connectivity index (χ4v) is 2.17. The molecule has 3 rings (SSSR count). The van der Waals surface area contributed by atoms with E-state index in [-0.39, 0.29) is 5.82 Å². The SMILES string of the molecule is Fc1cc(CNc2ccc(Cl)cc2)ccc1-n1ccnc1. The molecule has 5 heteroatoms. The lowest BCUT2D eigenvalue weighted by Gasteiger charge is -2.09. The second kappa shape index (κ2) is 5.97. The Morgan fingerprint density at radius 2 is 1.95 bits per heavy atom. The molecule has 0 aliphatic carbocycles. The molecule has 0 saturated heterocycles. The monoisotopic (exact) mass is 301 g/mol. The Balaban J connectivity index is 1.72. The van der Waals surface area contributed by atoms with E-state index < -0.39 is 0 Å². The van der Waals surface area contributed by atoms with Gasteiger partial charge in [0, 0.05) is 29.6 Å². The highest BCUT2D eigenvalue weighted by atomic mass is 35.5. The van der Waals surface area contributed by atoms with Gasteiger partial charge in [0.1, 0.15) is 5.82 Å². The molecule has 0 fully saturated rings. The Bertz CT molecular complexity index is 724. The molecule has 3 nitrogen and oxygen atoms in total. The van der Waals surface area contributed by atoms with Gasteiger partial charge in [0.15, 0.2) is 0 Å². The van der Waals surface area contributed by atoms with Crippen LogP contribution < -0.4 is 5.32 Å². The Morgan fingerprint density at radius 3 is 2.62 bits per heavy atom. The minimum Gasteiger partial charge on any atom is -0.381 e. The minimum atomic E-state index is -0.275. The van der Waals surface area contributed by atoms with E-state index in [9.17, 15) is 4.39 Å². The van der Waals surface area contributed by atoms with E-state index in [4.69, 9.17) is 11.6 Å². The number of hydrogen-bond donors (Lipinski definition) is 1. The molecular formula is C16H13ClFN3. The summed E-state index contributed by atoms with van der Waals surface area (Å²) in [6, 6.07) is 12.6. The first-order valence-electron chi connectivity index (χ1n) is 6.48. The van der Waals surface area contributed by atoms with Gasteiger partial charge in [-0.1, -0.05) is 17.7 Å². The fraction of sp³-hybridized carbons (Fsp3) is 0.0625. The lowest BCUT2D eigenvalue weighted by molar-refractivity contribution is 0.616. The first-order chi connectivity index (χ1) is 10.2. The molecule has 1 aromatic heterocycles. The van der Waals surface area contributed by atoms with Crippen LogP contribution in [-0.2, 0) is 6.54 Å². The number of imidazole rings is 1. The van der Waals surface area contributed by atoms with E-state index in [1.54, 1.807) is 29.4 Å². The molecule has 0 aliphatic rings. The number of anilines is 1. The first-order valence-corrected chi connectivity index (χ1v) is 6.86. The van der Waals surface area contributed by atoms with Crippen molar-refractivity contribution >= 4 is 17.3 Å². The molecule has 2 aromatic carbocycles. The summed E-state index contributed by atoms with van der Waals surface area (Å²) in [6.45, 7) is 0.544. The zero-order chi connectivity index (χ0) is 14.7. The van der Waals surface area contributed by atoms with Gasteiger partial charge in [-0.3, -0.25) is 0 Å². The molecule has 0 bridgehead atoms. The van der Waals surface area contributed by atoms with Crippen LogP contribution in [0.5, 0.6) is 0 Å². The van der Waals surface area contributed by atoms with Crippen LogP contribution in [-0.4, -0.2) is 9.55 Å². The second-order valence-electron chi connectivity index (χ2n) is 4.62. The van der Waals surface area contributed by atoms with Crippen molar-refractivity contribution in [2.24, 2.45) is 0 Å². The third-order valence-electron chi connectivity index (χ3n) is 3.14. The third kappa shape index (κ3) is 3.23. The van der Waals surface area contributed by atoms with Crippen LogP contribution in [0.2, 0.25) is 5.02 Å². The van der Waals surface area contributed by atoms with Gasteiger partial charge < -0.3 is 9.88 Å². The summed E-state index contributed by atoms with van der Waals surface area (Å²) in [5, 5.41) is 3.92. The fourth-order valence-electron chi connectivity index (χ4n) is 2.04. The van der Waals surface area contributed by atoms with Gasteiger partial charge in [-0.15, -0.1) is 0 Å². The van der Waals surface area contributed by atoms with Crippen molar-refractivity contribution in [1.82, 2.24) is 9.55 Å². The van der Waals surface area contributed by atoms with Gasteiger partial charge in [-0.2, -0.15) is 0 Å². The zero-order valence-electron chi connectivity index (χ0n) is 11.1. The Morgan fingerprint density at radius 1 is 1.14 bits per heavy atom. The Kier molecular flexibility index (Phi) is 3.88. The van der Waals surface area contributed by atoms with Crippen molar-refractivity contribution in [2.75, 3.05) is 5.32 Å². The van der Waals surface area contributed by atoms with Crippen molar-refractivity contribution < 1.29 is 4.39 Å². The average Bonchev–Trinajstić information content (AvgIpc) is 3.01. The van der Waals surface area contributed by atoms with E-state index in [0.29, 0.717) is 17.3 Å². The van der Waals surface area contributed by atoms with Crippen molar-refractivity contribution in [3.8, 4) is 5.69 Å². The van der Waals surface area contributed by atoms with Crippen molar-refractivity contribution in [1.29, 1.82) is 0 Å². The van der Waals surface area contributed by atoms with Crippen LogP contribution in [0, 0.1) is 5.82 Å². The lowest BCUT2D eigenvalue weighted by Crippen LogP contribution is -2.01. The van der Waals surface area contributed by atoms with Gasteiger partial charge >= 0.3 is 0 Å². The number of nitrogens with zero attached hydrogens (tertiary/aromatic N) is 2. The first kappa shape index (κ1) is 13.6. The van der Waals surface area contributed by atoms with Gasteiger partial charge in [0.25, 0.3) is 0 Å². The van der Waals surface area contributed by atoms with E-state index in [0.717, 1.165) is 11.3 Å². The van der Waals surface area contributed by atoms with E-state index in [2.05, 4.69) is 10.3 Å². The molecule has 3 aromatic rings. The lowest BCUT2D eigenvalue weighted by atomic mass is 10.2. The van der Waals surface area contributed by atoms with Gasteiger partial charge in [-0.05, 0) is 42.0 Å². The van der Waals surface area contributed by atoms with Crippen molar-refractivity contribution in [2.45, 2.75) is 6.54 Å². The minimum absolute atomic E-state index is 0.275. The maximum absolute atomic E-state index is 14.1. The predicted molar refractivity (Wildman–Crippen MR) is 82.3 cm³/mol. The number of aromatic nitrogens is 2. The van der Waals surface area contributed by atoms with Crippen molar-refractivity contribution in [3.05, 3.63) is 77.6 Å². The molecule has 0 aliphatic heterocycles. The average molecular weight is 302 g/mol. The normalized spacial score (nSPS) is 10.6. The summed E-state index contributed by atoms with van der Waals surface area (Å²) in [5.74, 6) is -0.275. The van der Waals surface area contributed by atoms with E-state index in [1.165, 1.54) is 6.07 Å². The van der Waals surface area contributed by atoms with Crippen LogP contribution in [0.25, 0.3) is 5.69 Å². The van der Waals surface area contributed by atoms with Crippen molar-refractivity contribution in [3.63, 3.8) is 0 Å². The van der Waals surface area contributed by atoms with Crippen LogP contribution >= 0.6 is 11.6 Å². The molecule has 0 radical (unpaired) electrons. The summed E-state index contributed by atoms with van der Waals surface area (Å²) in [5.41, 5.74) is 2.30. The summed E-state index contributed by atoms with van der Waals surface area (Å²) in [6.07, 6.45) is 4.91. The van der Waals surface area contributed by atoms with Gasteiger partial charge in [-0.25, -0.2) is 9.37 Å². The highest BCUT2D eigenvalue weighted by molar-refractivity contribution is 6.30. The second-order valence-corrected chi connectivity index (χ2v) is 5.05. The molecule has 21 heavy (non-hydrogen) atoms. The maximum Gasteiger partial charge on any atom is 0.147 e. The Labute approximate surface area is 127 Å². The maximum atomic E-state index is 14.1. The molecule has 0 amide bonds. The van der Waals surface area contributed by atoms with Gasteiger partial charge in [0.05, 0.1) is 12.0 Å². The summed E-state index contributed by atoms with van der Waals surface area (Å²) >= 11 is 5.83. The number of benzene rings is 2. The third-order valence-corrected chi connectivity index (χ3v) is 3.39. The van der Waals surface area contributed by atoms with Crippen LogP contribution in [0.15, 0.2) is 61.2 Å². The summed E-state index contributed by atoms with van der Waals surface area (Å²) in [7, 11) is 0. The van der Waals surface area contributed by atoms with E-state index >= 15 is 0 Å². The predicted octanol–water partition coefficient (Wildman–Crippen LogP) is 4.28. The standard InChI is InChI=1S/C16H13ClFN3/c17-13-2-4-14(5-3-13)20-10-12-1-6-16(15(18)9-12)21-8-7-19-11-21/h1-9,11,20H,10H2. The summed E-state index contributed by atoms with van der Waals surface area (Å²) in [4.78, 5) is 3.92. The highest BCUT2D eigenvalue weighted by Gasteiger charge is 2.05. The zero-order valence-corrected chi connectivity index (χ0v) is 11.9. The molecule has 0 saturated carbocycles. The number of rotatable bonds is 4. The van der Waals surface area contributed by atoms with Crippen LogP contribution in [0.1, 0.15) is 5.56 Å². The largest absolute Gasteiger partial charge is 0.381 e. The molecule has 0 atom stereocenters. The number of nitrogens with one attached hydrogen (secondary N) is 1. The molecule has 106 valence electrons. The quantitative estimate of drug-likeness (QED) is 0.779. The Hall–Kier alpha value is -2.33. The van der Waals surface area contributed by atoms with Gasteiger partial charge in [0.2, 0.25) is 0 Å². The topological polar surface area (TPSA) is 29.9 Å². The molecule has 0 spiro atoms. The smallest absolute Gasteiger partial charge is 0.147 e. The molecule has 0 unspecified atom stereocenters. The number of halogens is 2. The van der Waals surface area contributed by atoms with Crippen LogP contribution in [0.3, 0.4) is 0 Å². The summed E-state index contributed by atoms with van der Waals surface area (Å²) < 4.78 is 15.7. The molecule has 1 N–H and O–H groups in total. The molecule has 1 heterocycles. The van der Waals surface area contributed by atoms with Crippen LogP contribution in [0.4, 0.5) is 10.1 Å².